The van der Waals surface area contributed by atoms with Gasteiger partial charge in [-0.3, -0.25) is 9.10 Å². The van der Waals surface area contributed by atoms with Crippen LogP contribution in [0.4, 0.5) is 5.69 Å². The summed E-state index contributed by atoms with van der Waals surface area (Å²) in [7, 11) is -2.12. The molecule has 0 saturated heterocycles. The highest BCUT2D eigenvalue weighted by Gasteiger charge is 2.23. The molecular weight excluding hydrogens is 348 g/mol. The third-order valence-electron chi connectivity index (χ3n) is 4.51. The normalized spacial score (nSPS) is 11.3. The van der Waals surface area contributed by atoms with Gasteiger partial charge in [0.2, 0.25) is 0 Å². The Hall–Kier alpha value is -2.34. The van der Waals surface area contributed by atoms with Crippen LogP contribution >= 0.6 is 0 Å². The minimum absolute atomic E-state index is 0.0475. The summed E-state index contributed by atoms with van der Waals surface area (Å²) in [6.07, 6.45) is 0. The highest BCUT2D eigenvalue weighted by atomic mass is 32.2. The summed E-state index contributed by atoms with van der Waals surface area (Å²) in [6, 6.07) is 11.9. The Morgan fingerprint density at radius 3 is 2.04 bits per heavy atom. The molecule has 6 heteroatoms. The van der Waals surface area contributed by atoms with E-state index in [2.05, 4.69) is 0 Å². The smallest absolute Gasteiger partial charge is 0.264 e. The SMILES string of the molecule is CCN(CC)C(=O)c1ccc(N(C)S(=O)(=O)c2ccc(C)cc2)c(C)c1. The topological polar surface area (TPSA) is 57.7 Å². The fourth-order valence-corrected chi connectivity index (χ4v) is 4.09. The number of amides is 1. The van der Waals surface area contributed by atoms with Crippen LogP contribution in [0.5, 0.6) is 0 Å². The molecule has 0 atom stereocenters. The fourth-order valence-electron chi connectivity index (χ4n) is 2.83. The van der Waals surface area contributed by atoms with E-state index in [0.29, 0.717) is 24.3 Å². The molecule has 0 unspecified atom stereocenters. The van der Waals surface area contributed by atoms with Crippen molar-refractivity contribution < 1.29 is 13.2 Å². The fraction of sp³-hybridized carbons (Fsp3) is 0.350. The zero-order chi connectivity index (χ0) is 19.5. The van der Waals surface area contributed by atoms with Gasteiger partial charge in [-0.15, -0.1) is 0 Å². The lowest BCUT2D eigenvalue weighted by Crippen LogP contribution is -2.31. The first-order valence-electron chi connectivity index (χ1n) is 8.67. The van der Waals surface area contributed by atoms with Crippen LogP contribution in [0.25, 0.3) is 0 Å². The third-order valence-corrected chi connectivity index (χ3v) is 6.30. The van der Waals surface area contributed by atoms with Crippen molar-refractivity contribution in [2.45, 2.75) is 32.6 Å². The molecule has 2 rings (SSSR count). The summed E-state index contributed by atoms with van der Waals surface area (Å²) in [5, 5.41) is 0. The van der Waals surface area contributed by atoms with Crippen molar-refractivity contribution in [1.29, 1.82) is 0 Å². The van der Waals surface area contributed by atoms with Gasteiger partial charge in [-0.2, -0.15) is 0 Å². The summed E-state index contributed by atoms with van der Waals surface area (Å²) in [5.74, 6) is -0.0475. The van der Waals surface area contributed by atoms with Crippen LogP contribution in [-0.4, -0.2) is 39.4 Å². The molecule has 0 saturated carbocycles. The molecule has 26 heavy (non-hydrogen) atoms. The summed E-state index contributed by atoms with van der Waals surface area (Å²) in [4.78, 5) is 14.5. The summed E-state index contributed by atoms with van der Waals surface area (Å²) in [6.45, 7) is 8.87. The van der Waals surface area contributed by atoms with Crippen molar-refractivity contribution in [3.63, 3.8) is 0 Å². The summed E-state index contributed by atoms with van der Waals surface area (Å²) >= 11 is 0. The van der Waals surface area contributed by atoms with Crippen LogP contribution in [0.3, 0.4) is 0 Å². The number of rotatable bonds is 6. The predicted molar refractivity (Wildman–Crippen MR) is 105 cm³/mol. The molecular formula is C20H26N2O3S. The van der Waals surface area contributed by atoms with Gasteiger partial charge in [0, 0.05) is 25.7 Å². The Balaban J connectivity index is 2.36. The van der Waals surface area contributed by atoms with Gasteiger partial charge in [-0.05, 0) is 63.6 Å². The monoisotopic (exact) mass is 374 g/mol. The summed E-state index contributed by atoms with van der Waals surface area (Å²) in [5.41, 5.74) is 2.86. The summed E-state index contributed by atoms with van der Waals surface area (Å²) < 4.78 is 27.0. The maximum atomic E-state index is 12.9. The molecule has 0 spiro atoms. The van der Waals surface area contributed by atoms with Gasteiger partial charge in [0.15, 0.2) is 0 Å². The van der Waals surface area contributed by atoms with Gasteiger partial charge in [-0.1, -0.05) is 17.7 Å². The van der Waals surface area contributed by atoms with E-state index >= 15 is 0 Å². The van der Waals surface area contributed by atoms with Gasteiger partial charge in [0.1, 0.15) is 0 Å². The van der Waals surface area contributed by atoms with E-state index in [0.717, 1.165) is 11.1 Å². The molecule has 0 aromatic heterocycles. The number of carbonyl (C=O) groups is 1. The molecule has 5 nitrogen and oxygen atoms in total. The second kappa shape index (κ2) is 7.91. The number of sulfonamides is 1. The molecule has 2 aromatic carbocycles. The minimum atomic E-state index is -3.65. The first-order chi connectivity index (χ1) is 12.2. The van der Waals surface area contributed by atoms with E-state index in [4.69, 9.17) is 0 Å². The van der Waals surface area contributed by atoms with Crippen molar-refractivity contribution >= 4 is 21.6 Å². The zero-order valence-corrected chi connectivity index (χ0v) is 16.8. The standard InChI is InChI=1S/C20H26N2O3S/c1-6-22(7-2)20(23)17-10-13-19(16(4)14-17)21(5)26(24,25)18-11-8-15(3)9-12-18/h8-14H,6-7H2,1-5H3. The maximum Gasteiger partial charge on any atom is 0.264 e. The van der Waals surface area contributed by atoms with E-state index in [1.807, 2.05) is 27.7 Å². The number of hydrogen-bond donors (Lipinski definition) is 0. The number of hydrogen-bond acceptors (Lipinski definition) is 3. The van der Waals surface area contributed by atoms with Crippen LogP contribution < -0.4 is 4.31 Å². The van der Waals surface area contributed by atoms with Gasteiger partial charge < -0.3 is 4.90 Å². The number of nitrogens with zero attached hydrogens (tertiary/aromatic N) is 2. The quantitative estimate of drug-likeness (QED) is 0.776. The molecule has 140 valence electrons. The van der Waals surface area contributed by atoms with E-state index in [1.165, 1.54) is 11.4 Å². The molecule has 0 radical (unpaired) electrons. The van der Waals surface area contributed by atoms with Gasteiger partial charge in [0.25, 0.3) is 15.9 Å². The van der Waals surface area contributed by atoms with Crippen LogP contribution in [0.2, 0.25) is 0 Å². The van der Waals surface area contributed by atoms with Crippen molar-refractivity contribution in [3.05, 3.63) is 59.2 Å². The van der Waals surface area contributed by atoms with Gasteiger partial charge in [-0.25, -0.2) is 8.42 Å². The van der Waals surface area contributed by atoms with Gasteiger partial charge >= 0.3 is 0 Å². The van der Waals surface area contributed by atoms with Crippen LogP contribution in [0.1, 0.15) is 35.3 Å². The average molecular weight is 375 g/mol. The molecule has 0 bridgehead atoms. The molecule has 0 heterocycles. The van der Waals surface area contributed by atoms with Crippen molar-refractivity contribution in [1.82, 2.24) is 4.90 Å². The zero-order valence-electron chi connectivity index (χ0n) is 16.0. The van der Waals surface area contributed by atoms with Crippen molar-refractivity contribution in [2.24, 2.45) is 0 Å². The number of aryl methyl sites for hydroxylation is 2. The Morgan fingerprint density at radius 2 is 1.54 bits per heavy atom. The Morgan fingerprint density at radius 1 is 0.962 bits per heavy atom. The minimum Gasteiger partial charge on any atom is -0.339 e. The highest BCUT2D eigenvalue weighted by molar-refractivity contribution is 7.92. The van der Waals surface area contributed by atoms with Crippen LogP contribution in [-0.2, 0) is 10.0 Å². The molecule has 0 fully saturated rings. The van der Waals surface area contributed by atoms with E-state index in [9.17, 15) is 13.2 Å². The van der Waals surface area contributed by atoms with Crippen molar-refractivity contribution in [2.75, 3.05) is 24.4 Å². The molecule has 2 aromatic rings. The molecule has 0 aliphatic rings. The van der Waals surface area contributed by atoms with Crippen LogP contribution in [0, 0.1) is 13.8 Å². The number of benzene rings is 2. The van der Waals surface area contributed by atoms with Gasteiger partial charge in [0.05, 0.1) is 10.6 Å². The first-order valence-corrected chi connectivity index (χ1v) is 10.1. The molecule has 0 aliphatic carbocycles. The Bertz CT molecular complexity index is 886. The Labute approximate surface area is 156 Å². The van der Waals surface area contributed by atoms with E-state index < -0.39 is 10.0 Å². The lowest BCUT2D eigenvalue weighted by molar-refractivity contribution is 0.0773. The largest absolute Gasteiger partial charge is 0.339 e. The number of carbonyl (C=O) groups excluding carboxylic acids is 1. The second-order valence-corrected chi connectivity index (χ2v) is 8.23. The molecule has 1 amide bonds. The predicted octanol–water partition coefficient (Wildman–Crippen LogP) is 3.61. The van der Waals surface area contributed by atoms with E-state index in [1.54, 1.807) is 47.4 Å². The number of anilines is 1. The molecule has 0 aliphatic heterocycles. The lowest BCUT2D eigenvalue weighted by Gasteiger charge is -2.23. The first kappa shape index (κ1) is 20.0. The highest BCUT2D eigenvalue weighted by Crippen LogP contribution is 2.26. The van der Waals surface area contributed by atoms with Crippen LogP contribution in [0.15, 0.2) is 47.4 Å². The van der Waals surface area contributed by atoms with Crippen molar-refractivity contribution in [3.8, 4) is 0 Å². The lowest BCUT2D eigenvalue weighted by atomic mass is 10.1. The second-order valence-electron chi connectivity index (χ2n) is 6.26. The van der Waals surface area contributed by atoms with E-state index in [-0.39, 0.29) is 10.8 Å². The molecule has 0 N–H and O–H groups in total. The average Bonchev–Trinajstić information content (AvgIpc) is 2.62. The third kappa shape index (κ3) is 3.90. The maximum absolute atomic E-state index is 12.9. The Kier molecular flexibility index (Phi) is 6.08.